The molecular weight excluding hydrogens is 233 g/mol. The molecule has 6 heteroatoms. The maximum absolute atomic E-state index is 12.0. The van der Waals surface area contributed by atoms with Gasteiger partial charge in [0.15, 0.2) is 0 Å². The van der Waals surface area contributed by atoms with E-state index in [1.807, 2.05) is 6.07 Å². The molecular formula is C11H11F3N2O. The molecule has 0 unspecified atom stereocenters. The summed E-state index contributed by atoms with van der Waals surface area (Å²) in [5.74, 6) is 0.353. The van der Waals surface area contributed by atoms with Crippen LogP contribution in [0, 0.1) is 11.3 Å². The third-order valence-corrected chi connectivity index (χ3v) is 2.08. The second kappa shape index (κ2) is 5.43. The van der Waals surface area contributed by atoms with Crippen LogP contribution in [0.15, 0.2) is 18.2 Å². The fraction of sp³-hybridized carbons (Fsp3) is 0.364. The molecule has 0 spiro atoms. The first-order valence-corrected chi connectivity index (χ1v) is 4.85. The third kappa shape index (κ3) is 3.87. The SMILES string of the molecule is COc1cccc(C#N)c1NCCC(F)(F)F. The van der Waals surface area contributed by atoms with Crippen LogP contribution in [0.25, 0.3) is 0 Å². The number of para-hydroxylation sites is 1. The van der Waals surface area contributed by atoms with E-state index >= 15 is 0 Å². The molecule has 0 fully saturated rings. The molecule has 1 rings (SSSR count). The highest BCUT2D eigenvalue weighted by atomic mass is 19.4. The molecule has 0 amide bonds. The zero-order valence-electron chi connectivity index (χ0n) is 9.14. The lowest BCUT2D eigenvalue weighted by Crippen LogP contribution is -2.15. The number of nitrogens with one attached hydrogen (secondary N) is 1. The maximum atomic E-state index is 12.0. The molecule has 1 aromatic rings. The Balaban J connectivity index is 2.79. The summed E-state index contributed by atoms with van der Waals surface area (Å²) in [5.41, 5.74) is 0.549. The maximum Gasteiger partial charge on any atom is 0.390 e. The van der Waals surface area contributed by atoms with Crippen molar-refractivity contribution in [3.8, 4) is 11.8 Å². The molecule has 92 valence electrons. The number of anilines is 1. The first kappa shape index (κ1) is 13.2. The Hall–Kier alpha value is -1.90. The van der Waals surface area contributed by atoms with E-state index in [-0.39, 0.29) is 12.1 Å². The smallest absolute Gasteiger partial charge is 0.390 e. The molecule has 3 nitrogen and oxygen atoms in total. The van der Waals surface area contributed by atoms with Crippen LogP contribution in [-0.4, -0.2) is 19.8 Å². The van der Waals surface area contributed by atoms with Crippen molar-refractivity contribution in [2.24, 2.45) is 0 Å². The molecule has 1 N–H and O–H groups in total. The Morgan fingerprint density at radius 2 is 2.12 bits per heavy atom. The van der Waals surface area contributed by atoms with Crippen LogP contribution in [0.1, 0.15) is 12.0 Å². The fourth-order valence-electron chi connectivity index (χ4n) is 1.31. The number of hydrogen-bond acceptors (Lipinski definition) is 3. The second-order valence-corrected chi connectivity index (χ2v) is 3.29. The molecule has 0 atom stereocenters. The van der Waals surface area contributed by atoms with Gasteiger partial charge in [-0.05, 0) is 12.1 Å². The predicted octanol–water partition coefficient (Wildman–Crippen LogP) is 2.93. The summed E-state index contributed by atoms with van der Waals surface area (Å²) in [6.07, 6.45) is -5.18. The Labute approximate surface area is 96.8 Å². The first-order valence-electron chi connectivity index (χ1n) is 4.85. The van der Waals surface area contributed by atoms with Gasteiger partial charge in [-0.1, -0.05) is 6.07 Å². The molecule has 17 heavy (non-hydrogen) atoms. The molecule has 0 aliphatic heterocycles. The minimum atomic E-state index is -4.22. The van der Waals surface area contributed by atoms with Crippen molar-refractivity contribution < 1.29 is 17.9 Å². The number of hydrogen-bond donors (Lipinski definition) is 1. The van der Waals surface area contributed by atoms with Crippen LogP contribution in [0.2, 0.25) is 0 Å². The number of halogens is 3. The minimum Gasteiger partial charge on any atom is -0.495 e. The zero-order valence-corrected chi connectivity index (χ0v) is 9.14. The van der Waals surface area contributed by atoms with Gasteiger partial charge >= 0.3 is 6.18 Å². The monoisotopic (exact) mass is 244 g/mol. The largest absolute Gasteiger partial charge is 0.495 e. The standard InChI is InChI=1S/C11H11F3N2O/c1-17-9-4-2-3-8(7-15)10(9)16-6-5-11(12,13)14/h2-4,16H,5-6H2,1H3. The molecule has 0 heterocycles. The lowest BCUT2D eigenvalue weighted by molar-refractivity contribution is -0.131. The van der Waals surface area contributed by atoms with Crippen molar-refractivity contribution in [2.45, 2.75) is 12.6 Å². The van der Waals surface area contributed by atoms with Gasteiger partial charge in [0.2, 0.25) is 0 Å². The molecule has 0 aliphatic carbocycles. The molecule has 0 radical (unpaired) electrons. The summed E-state index contributed by atoms with van der Waals surface area (Å²) >= 11 is 0. The van der Waals surface area contributed by atoms with Gasteiger partial charge in [0.25, 0.3) is 0 Å². The van der Waals surface area contributed by atoms with E-state index in [4.69, 9.17) is 10.00 Å². The summed E-state index contributed by atoms with van der Waals surface area (Å²) in [4.78, 5) is 0. The molecule has 0 bridgehead atoms. The highest BCUT2D eigenvalue weighted by molar-refractivity contribution is 5.66. The molecule has 0 saturated carbocycles. The Bertz CT molecular complexity index is 424. The fourth-order valence-corrected chi connectivity index (χ4v) is 1.31. The van der Waals surface area contributed by atoms with Crippen molar-refractivity contribution in [2.75, 3.05) is 19.0 Å². The number of nitriles is 1. The van der Waals surface area contributed by atoms with E-state index in [0.717, 1.165) is 0 Å². The lowest BCUT2D eigenvalue weighted by atomic mass is 10.1. The summed E-state index contributed by atoms with van der Waals surface area (Å²) in [6, 6.07) is 6.59. The second-order valence-electron chi connectivity index (χ2n) is 3.29. The minimum absolute atomic E-state index is 0.256. The lowest BCUT2D eigenvalue weighted by Gasteiger charge is -2.13. The van der Waals surface area contributed by atoms with Crippen molar-refractivity contribution in [3.05, 3.63) is 23.8 Å². The number of benzene rings is 1. The van der Waals surface area contributed by atoms with Gasteiger partial charge in [0.05, 0.1) is 24.8 Å². The Kier molecular flexibility index (Phi) is 4.21. The van der Waals surface area contributed by atoms with Crippen LogP contribution in [-0.2, 0) is 0 Å². The van der Waals surface area contributed by atoms with Gasteiger partial charge in [-0.2, -0.15) is 18.4 Å². The summed E-state index contributed by atoms with van der Waals surface area (Å²) in [6.45, 7) is -0.293. The van der Waals surface area contributed by atoms with Crippen LogP contribution in [0.4, 0.5) is 18.9 Å². The number of rotatable bonds is 4. The predicted molar refractivity (Wildman–Crippen MR) is 56.9 cm³/mol. The Morgan fingerprint density at radius 3 is 2.65 bits per heavy atom. The quantitative estimate of drug-likeness (QED) is 0.885. The van der Waals surface area contributed by atoms with E-state index in [1.165, 1.54) is 13.2 Å². The summed E-state index contributed by atoms with van der Waals surface area (Å²) in [5, 5.41) is 11.4. The first-order chi connectivity index (χ1) is 7.98. The van der Waals surface area contributed by atoms with E-state index in [9.17, 15) is 13.2 Å². The van der Waals surface area contributed by atoms with Gasteiger partial charge in [0, 0.05) is 6.54 Å². The van der Waals surface area contributed by atoms with Crippen molar-refractivity contribution in [3.63, 3.8) is 0 Å². The van der Waals surface area contributed by atoms with Gasteiger partial charge < -0.3 is 10.1 Å². The number of nitrogens with zero attached hydrogens (tertiary/aromatic N) is 1. The average molecular weight is 244 g/mol. The van der Waals surface area contributed by atoms with Crippen molar-refractivity contribution in [1.29, 1.82) is 5.26 Å². The van der Waals surface area contributed by atoms with Gasteiger partial charge in [-0.25, -0.2) is 0 Å². The number of ether oxygens (including phenoxy) is 1. The van der Waals surface area contributed by atoms with Gasteiger partial charge in [-0.15, -0.1) is 0 Å². The summed E-state index contributed by atoms with van der Waals surface area (Å²) < 4.78 is 40.9. The molecule has 1 aromatic carbocycles. The highest BCUT2D eigenvalue weighted by Gasteiger charge is 2.26. The normalized spacial score (nSPS) is 10.8. The van der Waals surface area contributed by atoms with E-state index in [1.54, 1.807) is 12.1 Å². The average Bonchev–Trinajstić information content (AvgIpc) is 2.27. The molecule has 0 aromatic heterocycles. The molecule has 0 aliphatic rings. The van der Waals surface area contributed by atoms with Gasteiger partial charge in [-0.3, -0.25) is 0 Å². The van der Waals surface area contributed by atoms with Crippen molar-refractivity contribution in [1.82, 2.24) is 0 Å². The third-order valence-electron chi connectivity index (χ3n) is 2.08. The van der Waals surface area contributed by atoms with E-state index in [0.29, 0.717) is 11.4 Å². The topological polar surface area (TPSA) is 45.0 Å². The number of methoxy groups -OCH3 is 1. The zero-order chi connectivity index (χ0) is 12.9. The highest BCUT2D eigenvalue weighted by Crippen LogP contribution is 2.28. The van der Waals surface area contributed by atoms with Crippen molar-refractivity contribution >= 4 is 5.69 Å². The van der Waals surface area contributed by atoms with Crippen LogP contribution >= 0.6 is 0 Å². The molecule has 0 saturated heterocycles. The van der Waals surface area contributed by atoms with E-state index < -0.39 is 12.6 Å². The van der Waals surface area contributed by atoms with Gasteiger partial charge in [0.1, 0.15) is 11.8 Å². The van der Waals surface area contributed by atoms with Crippen LogP contribution in [0.3, 0.4) is 0 Å². The summed E-state index contributed by atoms with van der Waals surface area (Å²) in [7, 11) is 1.39. The Morgan fingerprint density at radius 1 is 1.41 bits per heavy atom. The van der Waals surface area contributed by atoms with Crippen LogP contribution in [0.5, 0.6) is 5.75 Å². The van der Waals surface area contributed by atoms with E-state index in [2.05, 4.69) is 5.32 Å². The number of alkyl halides is 3. The van der Waals surface area contributed by atoms with Crippen LogP contribution < -0.4 is 10.1 Å².